The van der Waals surface area contributed by atoms with Crippen molar-refractivity contribution in [1.82, 2.24) is 25.2 Å². The molecule has 0 bridgehead atoms. The summed E-state index contributed by atoms with van der Waals surface area (Å²) in [6, 6.07) is 15.0. The highest BCUT2D eigenvalue weighted by atomic mass is 19.1. The van der Waals surface area contributed by atoms with Crippen LogP contribution in [0.25, 0.3) is 16.8 Å². The molecule has 128 valence electrons. The summed E-state index contributed by atoms with van der Waals surface area (Å²) in [5, 5.41) is 13.8. The smallest absolute Gasteiger partial charge is 0.272 e. The third kappa shape index (κ3) is 3.20. The number of aromatic amines is 1. The van der Waals surface area contributed by atoms with Gasteiger partial charge in [-0.1, -0.05) is 18.2 Å². The van der Waals surface area contributed by atoms with Gasteiger partial charge >= 0.3 is 0 Å². The average molecular weight is 348 g/mol. The fourth-order valence-corrected chi connectivity index (χ4v) is 2.54. The Kier molecular flexibility index (Phi) is 3.98. The lowest BCUT2D eigenvalue weighted by Crippen LogP contribution is -2.12. The molecule has 0 aliphatic heterocycles. The SMILES string of the molecule is O=C(Nc1cccc(-n2cnnn2)c1)c1cc(-c2ccc(F)cc2)c[nH]1. The molecule has 0 unspecified atom stereocenters. The van der Waals surface area contributed by atoms with Crippen molar-refractivity contribution in [1.29, 1.82) is 0 Å². The van der Waals surface area contributed by atoms with Crippen LogP contribution in [-0.4, -0.2) is 31.1 Å². The lowest BCUT2D eigenvalue weighted by atomic mass is 10.1. The Labute approximate surface area is 147 Å². The highest BCUT2D eigenvalue weighted by Crippen LogP contribution is 2.21. The van der Waals surface area contributed by atoms with Crippen LogP contribution in [0.5, 0.6) is 0 Å². The molecule has 8 heteroatoms. The Morgan fingerprint density at radius 2 is 1.92 bits per heavy atom. The molecular weight excluding hydrogens is 335 g/mol. The molecule has 1 amide bonds. The molecule has 0 fully saturated rings. The summed E-state index contributed by atoms with van der Waals surface area (Å²) < 4.78 is 14.5. The number of benzene rings is 2. The van der Waals surface area contributed by atoms with Crippen LogP contribution < -0.4 is 5.32 Å². The minimum absolute atomic E-state index is 0.285. The first-order valence-corrected chi connectivity index (χ1v) is 7.78. The van der Waals surface area contributed by atoms with Crippen LogP contribution in [0.2, 0.25) is 0 Å². The third-order valence-electron chi connectivity index (χ3n) is 3.82. The predicted octanol–water partition coefficient (Wildman–Crippen LogP) is 3.05. The summed E-state index contributed by atoms with van der Waals surface area (Å²) in [5.41, 5.74) is 3.37. The van der Waals surface area contributed by atoms with Gasteiger partial charge in [-0.3, -0.25) is 4.79 Å². The zero-order valence-corrected chi connectivity index (χ0v) is 13.4. The summed E-state index contributed by atoms with van der Waals surface area (Å²) in [7, 11) is 0. The van der Waals surface area contributed by atoms with E-state index in [1.54, 1.807) is 42.6 Å². The van der Waals surface area contributed by atoms with Crippen molar-refractivity contribution in [3.8, 4) is 16.8 Å². The number of halogens is 1. The van der Waals surface area contributed by atoms with Gasteiger partial charge in [0.25, 0.3) is 5.91 Å². The van der Waals surface area contributed by atoms with Gasteiger partial charge in [0, 0.05) is 11.9 Å². The quantitative estimate of drug-likeness (QED) is 0.593. The standard InChI is InChI=1S/C18H13FN6O/c19-14-6-4-12(5-7-14)13-8-17(20-10-13)18(26)22-15-2-1-3-16(9-15)25-11-21-23-24-25/h1-11,20H,(H,22,26). The Bertz CT molecular complexity index is 1040. The van der Waals surface area contributed by atoms with Gasteiger partial charge in [-0.05, 0) is 58.0 Å². The van der Waals surface area contributed by atoms with Gasteiger partial charge in [-0.15, -0.1) is 5.10 Å². The van der Waals surface area contributed by atoms with E-state index in [4.69, 9.17) is 0 Å². The second-order valence-electron chi connectivity index (χ2n) is 5.57. The lowest BCUT2D eigenvalue weighted by molar-refractivity contribution is 0.102. The summed E-state index contributed by atoms with van der Waals surface area (Å²) in [6.45, 7) is 0. The number of hydrogen-bond acceptors (Lipinski definition) is 4. The molecule has 26 heavy (non-hydrogen) atoms. The Hall–Kier alpha value is -3.81. The summed E-state index contributed by atoms with van der Waals surface area (Å²) >= 11 is 0. The highest BCUT2D eigenvalue weighted by Gasteiger charge is 2.11. The maximum absolute atomic E-state index is 13.0. The topological polar surface area (TPSA) is 88.5 Å². The number of nitrogens with zero attached hydrogens (tertiary/aromatic N) is 4. The molecule has 2 aromatic heterocycles. The van der Waals surface area contributed by atoms with E-state index in [1.807, 2.05) is 6.07 Å². The minimum atomic E-state index is -0.301. The van der Waals surface area contributed by atoms with Gasteiger partial charge in [0.1, 0.15) is 17.8 Å². The van der Waals surface area contributed by atoms with Crippen LogP contribution >= 0.6 is 0 Å². The Balaban J connectivity index is 1.52. The van der Waals surface area contributed by atoms with Crippen molar-refractivity contribution in [2.75, 3.05) is 5.32 Å². The fraction of sp³-hybridized carbons (Fsp3) is 0. The van der Waals surface area contributed by atoms with Crippen LogP contribution in [-0.2, 0) is 0 Å². The van der Waals surface area contributed by atoms with Crippen LogP contribution in [0, 0.1) is 5.82 Å². The Morgan fingerprint density at radius 1 is 1.08 bits per heavy atom. The summed E-state index contributed by atoms with van der Waals surface area (Å²) in [6.07, 6.45) is 3.18. The van der Waals surface area contributed by atoms with E-state index in [-0.39, 0.29) is 11.7 Å². The number of aromatic nitrogens is 5. The van der Waals surface area contributed by atoms with E-state index < -0.39 is 0 Å². The van der Waals surface area contributed by atoms with E-state index in [0.717, 1.165) is 16.8 Å². The molecule has 0 saturated heterocycles. The largest absolute Gasteiger partial charge is 0.357 e. The van der Waals surface area contributed by atoms with Gasteiger partial charge in [0.15, 0.2) is 0 Å². The van der Waals surface area contributed by atoms with E-state index >= 15 is 0 Å². The summed E-state index contributed by atoms with van der Waals surface area (Å²) in [4.78, 5) is 15.4. The number of nitrogens with one attached hydrogen (secondary N) is 2. The molecule has 0 aliphatic carbocycles. The molecular formula is C18H13FN6O. The second kappa shape index (κ2) is 6.60. The van der Waals surface area contributed by atoms with E-state index in [2.05, 4.69) is 25.8 Å². The number of carbonyl (C=O) groups excluding carboxylic acids is 1. The average Bonchev–Trinajstić information content (AvgIpc) is 3.35. The van der Waals surface area contributed by atoms with Gasteiger partial charge in [0.05, 0.1) is 5.69 Å². The van der Waals surface area contributed by atoms with Crippen molar-refractivity contribution in [3.05, 3.63) is 78.6 Å². The first kappa shape index (κ1) is 15.7. The third-order valence-corrected chi connectivity index (χ3v) is 3.82. The van der Waals surface area contributed by atoms with E-state index in [0.29, 0.717) is 11.4 Å². The van der Waals surface area contributed by atoms with Gasteiger partial charge in [-0.2, -0.15) is 0 Å². The van der Waals surface area contributed by atoms with E-state index in [1.165, 1.54) is 23.1 Å². The zero-order valence-electron chi connectivity index (χ0n) is 13.4. The summed E-state index contributed by atoms with van der Waals surface area (Å²) in [5.74, 6) is -0.586. The number of rotatable bonds is 4. The molecule has 2 heterocycles. The maximum Gasteiger partial charge on any atom is 0.272 e. The van der Waals surface area contributed by atoms with Crippen LogP contribution in [0.1, 0.15) is 10.5 Å². The Morgan fingerprint density at radius 3 is 2.69 bits per heavy atom. The minimum Gasteiger partial charge on any atom is -0.357 e. The molecule has 0 saturated carbocycles. The van der Waals surface area contributed by atoms with Crippen molar-refractivity contribution < 1.29 is 9.18 Å². The van der Waals surface area contributed by atoms with Gasteiger partial charge < -0.3 is 10.3 Å². The molecule has 0 radical (unpaired) electrons. The number of tetrazole rings is 1. The lowest BCUT2D eigenvalue weighted by Gasteiger charge is -2.06. The second-order valence-corrected chi connectivity index (χ2v) is 5.57. The molecule has 7 nitrogen and oxygen atoms in total. The monoisotopic (exact) mass is 348 g/mol. The van der Waals surface area contributed by atoms with Crippen molar-refractivity contribution in [2.45, 2.75) is 0 Å². The predicted molar refractivity (Wildman–Crippen MR) is 93.3 cm³/mol. The number of carbonyl (C=O) groups is 1. The molecule has 2 aromatic carbocycles. The number of amides is 1. The molecule has 4 rings (SSSR count). The number of anilines is 1. The first-order valence-electron chi connectivity index (χ1n) is 7.78. The molecule has 4 aromatic rings. The maximum atomic E-state index is 13.0. The number of hydrogen-bond donors (Lipinski definition) is 2. The van der Waals surface area contributed by atoms with Crippen molar-refractivity contribution >= 4 is 11.6 Å². The molecule has 0 aliphatic rings. The normalized spacial score (nSPS) is 10.7. The van der Waals surface area contributed by atoms with Crippen LogP contribution in [0.15, 0.2) is 67.1 Å². The zero-order chi connectivity index (χ0) is 17.9. The van der Waals surface area contributed by atoms with Crippen molar-refractivity contribution in [2.24, 2.45) is 0 Å². The van der Waals surface area contributed by atoms with Crippen molar-refractivity contribution in [3.63, 3.8) is 0 Å². The van der Waals surface area contributed by atoms with Crippen LogP contribution in [0.3, 0.4) is 0 Å². The van der Waals surface area contributed by atoms with E-state index in [9.17, 15) is 9.18 Å². The highest BCUT2D eigenvalue weighted by molar-refractivity contribution is 6.03. The van der Waals surface area contributed by atoms with Gasteiger partial charge in [0.2, 0.25) is 0 Å². The first-order chi connectivity index (χ1) is 12.7. The molecule has 0 atom stereocenters. The van der Waals surface area contributed by atoms with Gasteiger partial charge in [-0.25, -0.2) is 9.07 Å². The molecule has 0 spiro atoms. The molecule has 2 N–H and O–H groups in total. The number of H-pyrrole nitrogens is 1. The fourth-order valence-electron chi connectivity index (χ4n) is 2.54. The van der Waals surface area contributed by atoms with Crippen LogP contribution in [0.4, 0.5) is 10.1 Å².